The molecule has 0 aliphatic carbocycles. The molecular weight excluding hydrogens is 288 g/mol. The number of rotatable bonds is 5. The van der Waals surface area contributed by atoms with Crippen LogP contribution in [0.2, 0.25) is 0 Å². The molecule has 3 aromatic heterocycles. The van der Waals surface area contributed by atoms with Crippen LogP contribution in [0.3, 0.4) is 0 Å². The van der Waals surface area contributed by atoms with Gasteiger partial charge in [-0.05, 0) is 31.9 Å². The third-order valence-corrected chi connectivity index (χ3v) is 4.21. The highest BCUT2D eigenvalue weighted by Gasteiger charge is 2.12. The van der Waals surface area contributed by atoms with Crippen LogP contribution in [-0.2, 0) is 16.0 Å². The Labute approximate surface area is 126 Å². The van der Waals surface area contributed by atoms with Gasteiger partial charge in [-0.1, -0.05) is 0 Å². The van der Waals surface area contributed by atoms with Crippen molar-refractivity contribution in [2.45, 2.75) is 26.2 Å². The van der Waals surface area contributed by atoms with E-state index in [-0.39, 0.29) is 5.97 Å². The molecule has 0 N–H and O–H groups in total. The van der Waals surface area contributed by atoms with Crippen LogP contribution in [0.1, 0.15) is 24.3 Å². The van der Waals surface area contributed by atoms with Crippen LogP contribution in [0, 0.1) is 6.92 Å². The van der Waals surface area contributed by atoms with Gasteiger partial charge in [0.2, 0.25) is 0 Å². The number of furan rings is 1. The zero-order valence-corrected chi connectivity index (χ0v) is 12.8. The Morgan fingerprint density at radius 2 is 2.33 bits per heavy atom. The maximum absolute atomic E-state index is 11.1. The minimum absolute atomic E-state index is 0.168. The van der Waals surface area contributed by atoms with Crippen LogP contribution in [0.5, 0.6) is 0 Å². The van der Waals surface area contributed by atoms with E-state index < -0.39 is 0 Å². The number of hydrogen-bond donors (Lipinski definition) is 0. The molecular formula is C15H16N2O3S. The second-order valence-corrected chi connectivity index (χ2v) is 5.68. The van der Waals surface area contributed by atoms with Gasteiger partial charge in [0.25, 0.3) is 0 Å². The van der Waals surface area contributed by atoms with Crippen molar-refractivity contribution in [3.8, 4) is 11.5 Å². The fourth-order valence-electron chi connectivity index (χ4n) is 2.22. The van der Waals surface area contributed by atoms with E-state index in [0.717, 1.165) is 40.7 Å². The second-order valence-electron chi connectivity index (χ2n) is 4.85. The molecule has 110 valence electrons. The largest absolute Gasteiger partial charge is 0.469 e. The number of carbonyl (C=O) groups excluding carboxylic acids is 1. The lowest BCUT2D eigenvalue weighted by Gasteiger charge is -1.99. The number of imidazole rings is 1. The molecule has 3 heterocycles. The van der Waals surface area contributed by atoms with Gasteiger partial charge in [-0.15, -0.1) is 11.3 Å². The van der Waals surface area contributed by atoms with Crippen molar-refractivity contribution >= 4 is 22.3 Å². The Bertz CT molecular complexity index is 769. The SMILES string of the molecule is COC(=O)CCCc1csc2nc(-c3ccc(C)o3)cn12. The summed E-state index contributed by atoms with van der Waals surface area (Å²) in [6, 6.07) is 3.86. The Morgan fingerprint density at radius 1 is 1.48 bits per heavy atom. The van der Waals surface area contributed by atoms with Crippen LogP contribution < -0.4 is 0 Å². The first kappa shape index (κ1) is 13.9. The number of ether oxygens (including phenoxy) is 1. The van der Waals surface area contributed by atoms with E-state index in [9.17, 15) is 4.79 Å². The Balaban J connectivity index is 1.78. The monoisotopic (exact) mass is 304 g/mol. The number of fused-ring (bicyclic) bond motifs is 1. The zero-order valence-electron chi connectivity index (χ0n) is 12.0. The minimum atomic E-state index is -0.168. The third-order valence-electron chi connectivity index (χ3n) is 3.32. The van der Waals surface area contributed by atoms with E-state index in [1.165, 1.54) is 7.11 Å². The summed E-state index contributed by atoms with van der Waals surface area (Å²) in [5.41, 5.74) is 1.99. The fraction of sp³-hybridized carbons (Fsp3) is 0.333. The topological polar surface area (TPSA) is 56.7 Å². The molecule has 3 aromatic rings. The average Bonchev–Trinajstić information content (AvgIpc) is 3.14. The predicted octanol–water partition coefficient (Wildman–Crippen LogP) is 3.46. The van der Waals surface area contributed by atoms with Crippen molar-refractivity contribution in [3.63, 3.8) is 0 Å². The van der Waals surface area contributed by atoms with Gasteiger partial charge in [0.05, 0.1) is 7.11 Å². The van der Waals surface area contributed by atoms with Crippen LogP contribution in [0.25, 0.3) is 16.4 Å². The summed E-state index contributed by atoms with van der Waals surface area (Å²) >= 11 is 1.59. The molecule has 0 aliphatic heterocycles. The molecule has 0 atom stereocenters. The molecule has 0 aliphatic rings. The molecule has 0 aromatic carbocycles. The van der Waals surface area contributed by atoms with Crippen LogP contribution in [0.15, 0.2) is 28.1 Å². The highest BCUT2D eigenvalue weighted by Crippen LogP contribution is 2.25. The lowest BCUT2D eigenvalue weighted by atomic mass is 10.2. The van der Waals surface area contributed by atoms with Gasteiger partial charge in [-0.3, -0.25) is 9.20 Å². The first-order valence-electron chi connectivity index (χ1n) is 6.76. The Kier molecular flexibility index (Phi) is 3.79. The summed E-state index contributed by atoms with van der Waals surface area (Å²) in [6.07, 6.45) is 4.01. The molecule has 0 fully saturated rings. The molecule has 0 bridgehead atoms. The van der Waals surface area contributed by atoms with E-state index in [1.807, 2.05) is 25.3 Å². The average molecular weight is 304 g/mol. The lowest BCUT2D eigenvalue weighted by Crippen LogP contribution is -2.01. The number of thiazole rings is 1. The molecule has 0 amide bonds. The third kappa shape index (κ3) is 2.85. The summed E-state index contributed by atoms with van der Waals surface area (Å²) in [7, 11) is 1.42. The number of esters is 1. The molecule has 0 spiro atoms. The maximum atomic E-state index is 11.1. The standard InChI is InChI=1S/C15H16N2O3S/c1-10-6-7-13(20-10)12-8-17-11(9-21-15(17)16-12)4-3-5-14(18)19-2/h6-9H,3-5H2,1-2H3. The first-order chi connectivity index (χ1) is 10.2. The fourth-order valence-corrected chi connectivity index (χ4v) is 3.12. The van der Waals surface area contributed by atoms with Gasteiger partial charge in [0.15, 0.2) is 10.7 Å². The number of carbonyl (C=O) groups is 1. The molecule has 21 heavy (non-hydrogen) atoms. The number of aromatic nitrogens is 2. The summed E-state index contributed by atoms with van der Waals surface area (Å²) < 4.78 is 12.3. The van der Waals surface area contributed by atoms with E-state index in [1.54, 1.807) is 11.3 Å². The highest BCUT2D eigenvalue weighted by molar-refractivity contribution is 7.15. The quantitative estimate of drug-likeness (QED) is 0.677. The van der Waals surface area contributed by atoms with Gasteiger partial charge < -0.3 is 9.15 Å². The summed E-state index contributed by atoms with van der Waals surface area (Å²) in [6.45, 7) is 1.92. The predicted molar refractivity (Wildman–Crippen MR) is 80.5 cm³/mol. The summed E-state index contributed by atoms with van der Waals surface area (Å²) in [5.74, 6) is 1.49. The van der Waals surface area contributed by atoms with Gasteiger partial charge in [0.1, 0.15) is 11.5 Å². The van der Waals surface area contributed by atoms with E-state index >= 15 is 0 Å². The number of aryl methyl sites for hydroxylation is 2. The summed E-state index contributed by atoms with van der Waals surface area (Å²) in [4.78, 5) is 16.7. The zero-order chi connectivity index (χ0) is 14.8. The molecule has 3 rings (SSSR count). The molecule has 5 nitrogen and oxygen atoms in total. The second kappa shape index (κ2) is 5.73. The molecule has 0 saturated heterocycles. The normalized spacial score (nSPS) is 11.1. The molecule has 0 saturated carbocycles. The van der Waals surface area contributed by atoms with E-state index in [4.69, 9.17) is 4.42 Å². The molecule has 6 heteroatoms. The lowest BCUT2D eigenvalue weighted by molar-refractivity contribution is -0.140. The number of nitrogens with zero attached hydrogens (tertiary/aromatic N) is 2. The van der Waals surface area contributed by atoms with Gasteiger partial charge >= 0.3 is 5.97 Å². The minimum Gasteiger partial charge on any atom is -0.469 e. The van der Waals surface area contributed by atoms with Crippen molar-refractivity contribution in [1.29, 1.82) is 0 Å². The van der Waals surface area contributed by atoms with E-state index in [0.29, 0.717) is 6.42 Å². The van der Waals surface area contributed by atoms with Crippen LogP contribution in [-0.4, -0.2) is 22.5 Å². The van der Waals surface area contributed by atoms with Crippen molar-refractivity contribution in [2.75, 3.05) is 7.11 Å². The van der Waals surface area contributed by atoms with Gasteiger partial charge in [-0.2, -0.15) is 0 Å². The number of methoxy groups -OCH3 is 1. The van der Waals surface area contributed by atoms with Crippen LogP contribution >= 0.6 is 11.3 Å². The van der Waals surface area contributed by atoms with Gasteiger partial charge in [0, 0.05) is 23.7 Å². The molecule has 0 unspecified atom stereocenters. The van der Waals surface area contributed by atoms with Crippen molar-refractivity contribution < 1.29 is 13.9 Å². The first-order valence-corrected chi connectivity index (χ1v) is 7.64. The van der Waals surface area contributed by atoms with E-state index in [2.05, 4.69) is 19.5 Å². The molecule has 0 radical (unpaired) electrons. The smallest absolute Gasteiger partial charge is 0.305 e. The van der Waals surface area contributed by atoms with Crippen molar-refractivity contribution in [2.24, 2.45) is 0 Å². The van der Waals surface area contributed by atoms with Crippen molar-refractivity contribution in [3.05, 3.63) is 35.2 Å². The van der Waals surface area contributed by atoms with Gasteiger partial charge in [-0.25, -0.2) is 4.98 Å². The Hall–Kier alpha value is -2.08. The van der Waals surface area contributed by atoms with Crippen LogP contribution in [0.4, 0.5) is 0 Å². The van der Waals surface area contributed by atoms with Crippen molar-refractivity contribution in [1.82, 2.24) is 9.38 Å². The highest BCUT2D eigenvalue weighted by atomic mass is 32.1. The number of hydrogen-bond acceptors (Lipinski definition) is 5. The maximum Gasteiger partial charge on any atom is 0.305 e. The Morgan fingerprint density at radius 3 is 3.05 bits per heavy atom. The summed E-state index contributed by atoms with van der Waals surface area (Å²) in [5, 5.41) is 2.08.